The van der Waals surface area contributed by atoms with Gasteiger partial charge in [0.25, 0.3) is 0 Å². The molecule has 1 N–H and O–H groups in total. The molecule has 17 heavy (non-hydrogen) atoms. The summed E-state index contributed by atoms with van der Waals surface area (Å²) in [6, 6.07) is 7.82. The normalized spacial score (nSPS) is 10.8. The molecule has 4 heteroatoms. The third-order valence-corrected chi connectivity index (χ3v) is 2.67. The number of carbonyl (C=O) groups is 1. The molecule has 1 aromatic carbocycles. The quantitative estimate of drug-likeness (QED) is 0.882. The molecule has 0 fully saturated rings. The summed E-state index contributed by atoms with van der Waals surface area (Å²) < 4.78 is 1.56. The van der Waals surface area contributed by atoms with Crippen molar-refractivity contribution in [3.05, 3.63) is 48.0 Å². The Morgan fingerprint density at radius 3 is 2.47 bits per heavy atom. The van der Waals surface area contributed by atoms with Gasteiger partial charge in [0.05, 0.1) is 0 Å². The van der Waals surface area contributed by atoms with Crippen molar-refractivity contribution in [3.8, 4) is 5.69 Å². The number of hydrogen-bond acceptors (Lipinski definition) is 2. The van der Waals surface area contributed by atoms with Crippen LogP contribution in [-0.2, 0) is 0 Å². The molecule has 0 saturated heterocycles. The zero-order valence-corrected chi connectivity index (χ0v) is 9.79. The fraction of sp³-hybridized carbons (Fsp3) is 0.231. The molecule has 1 heterocycles. The molecule has 4 nitrogen and oxygen atoms in total. The number of aromatic nitrogens is 2. The number of nitrogens with zero attached hydrogens (tertiary/aromatic N) is 2. The van der Waals surface area contributed by atoms with Gasteiger partial charge in [0, 0.05) is 18.1 Å². The first-order chi connectivity index (χ1) is 8.09. The van der Waals surface area contributed by atoms with E-state index in [9.17, 15) is 4.79 Å². The third-order valence-electron chi connectivity index (χ3n) is 2.67. The lowest BCUT2D eigenvalue weighted by atomic mass is 10.0. The number of carboxylic acids is 1. The average Bonchev–Trinajstić information content (AvgIpc) is 2.78. The van der Waals surface area contributed by atoms with Gasteiger partial charge in [0.15, 0.2) is 0 Å². The summed E-state index contributed by atoms with van der Waals surface area (Å²) in [5.41, 5.74) is 2.04. The maximum Gasteiger partial charge on any atom is 0.372 e. The van der Waals surface area contributed by atoms with Crippen LogP contribution in [0.2, 0.25) is 0 Å². The van der Waals surface area contributed by atoms with Gasteiger partial charge in [0.2, 0.25) is 5.82 Å². The number of aromatic carboxylic acids is 1. The van der Waals surface area contributed by atoms with E-state index >= 15 is 0 Å². The highest BCUT2D eigenvalue weighted by Gasteiger charge is 2.11. The number of rotatable bonds is 3. The lowest BCUT2D eigenvalue weighted by molar-refractivity contribution is 0.0681. The highest BCUT2D eigenvalue weighted by molar-refractivity contribution is 5.84. The van der Waals surface area contributed by atoms with Crippen LogP contribution in [0.15, 0.2) is 36.7 Å². The van der Waals surface area contributed by atoms with Crippen LogP contribution >= 0.6 is 0 Å². The maximum atomic E-state index is 10.9. The highest BCUT2D eigenvalue weighted by atomic mass is 16.4. The van der Waals surface area contributed by atoms with Crippen molar-refractivity contribution in [2.24, 2.45) is 0 Å². The summed E-state index contributed by atoms with van der Waals surface area (Å²) in [6.07, 6.45) is 3.13. The van der Waals surface area contributed by atoms with E-state index in [1.165, 1.54) is 11.8 Å². The van der Waals surface area contributed by atoms with E-state index < -0.39 is 5.97 Å². The van der Waals surface area contributed by atoms with E-state index in [0.717, 1.165) is 5.69 Å². The smallest absolute Gasteiger partial charge is 0.372 e. The predicted molar refractivity (Wildman–Crippen MR) is 64.6 cm³/mol. The Bertz CT molecular complexity index is 527. The molecule has 0 aliphatic carbocycles. The van der Waals surface area contributed by atoms with Crippen LogP contribution in [0.4, 0.5) is 0 Å². The van der Waals surface area contributed by atoms with E-state index in [-0.39, 0.29) is 5.82 Å². The predicted octanol–water partition coefficient (Wildman–Crippen LogP) is 2.69. The summed E-state index contributed by atoms with van der Waals surface area (Å²) >= 11 is 0. The standard InChI is InChI=1S/C13H14N2O2/c1-9(2)10-3-5-11(6-4-10)15-8-7-14-12(15)13(16)17/h3-9H,1-2H3,(H,16,17). The van der Waals surface area contributed by atoms with Gasteiger partial charge >= 0.3 is 5.97 Å². The van der Waals surface area contributed by atoms with Crippen LogP contribution in [0, 0.1) is 0 Å². The second kappa shape index (κ2) is 4.41. The van der Waals surface area contributed by atoms with Crippen molar-refractivity contribution in [2.75, 3.05) is 0 Å². The molecule has 2 rings (SSSR count). The molecular weight excluding hydrogens is 216 g/mol. The van der Waals surface area contributed by atoms with Crippen LogP contribution in [0.5, 0.6) is 0 Å². The minimum Gasteiger partial charge on any atom is -0.475 e. The van der Waals surface area contributed by atoms with Crippen LogP contribution in [0.25, 0.3) is 5.69 Å². The number of hydrogen-bond donors (Lipinski definition) is 1. The largest absolute Gasteiger partial charge is 0.475 e. The Morgan fingerprint density at radius 2 is 1.94 bits per heavy atom. The van der Waals surface area contributed by atoms with E-state index in [0.29, 0.717) is 5.92 Å². The van der Waals surface area contributed by atoms with Crippen molar-refractivity contribution in [1.29, 1.82) is 0 Å². The van der Waals surface area contributed by atoms with Crippen LogP contribution in [0.1, 0.15) is 35.9 Å². The molecule has 0 saturated carbocycles. The fourth-order valence-electron chi connectivity index (χ4n) is 1.69. The average molecular weight is 230 g/mol. The zero-order valence-electron chi connectivity index (χ0n) is 9.79. The summed E-state index contributed by atoms with van der Waals surface area (Å²) in [7, 11) is 0. The molecule has 0 radical (unpaired) electrons. The second-order valence-corrected chi connectivity index (χ2v) is 4.17. The highest BCUT2D eigenvalue weighted by Crippen LogP contribution is 2.17. The van der Waals surface area contributed by atoms with Crippen LogP contribution < -0.4 is 0 Å². The Balaban J connectivity index is 2.40. The van der Waals surface area contributed by atoms with Crippen molar-refractivity contribution in [1.82, 2.24) is 9.55 Å². The van der Waals surface area contributed by atoms with E-state index in [1.54, 1.807) is 10.8 Å². The minimum absolute atomic E-state index is 0.0299. The summed E-state index contributed by atoms with van der Waals surface area (Å²) in [5, 5.41) is 8.98. The minimum atomic E-state index is -1.03. The van der Waals surface area contributed by atoms with Gasteiger partial charge in [-0.2, -0.15) is 0 Å². The molecule has 2 aromatic rings. The van der Waals surface area contributed by atoms with Crippen molar-refractivity contribution in [3.63, 3.8) is 0 Å². The first-order valence-corrected chi connectivity index (χ1v) is 5.46. The van der Waals surface area contributed by atoms with Crippen molar-refractivity contribution >= 4 is 5.97 Å². The van der Waals surface area contributed by atoms with Gasteiger partial charge < -0.3 is 5.11 Å². The monoisotopic (exact) mass is 230 g/mol. The zero-order chi connectivity index (χ0) is 12.4. The molecule has 0 amide bonds. The van der Waals surface area contributed by atoms with Crippen molar-refractivity contribution in [2.45, 2.75) is 19.8 Å². The molecule has 0 bridgehead atoms. The molecule has 0 unspecified atom stereocenters. The number of carboxylic acid groups (broad SMARTS) is 1. The lowest BCUT2D eigenvalue weighted by Gasteiger charge is -2.08. The van der Waals surface area contributed by atoms with Gasteiger partial charge in [0.1, 0.15) is 0 Å². The molecule has 0 aliphatic rings. The van der Waals surface area contributed by atoms with Gasteiger partial charge in [-0.05, 0) is 23.6 Å². The van der Waals surface area contributed by atoms with Crippen LogP contribution in [0.3, 0.4) is 0 Å². The Morgan fingerprint density at radius 1 is 1.29 bits per heavy atom. The number of imidazole rings is 1. The number of benzene rings is 1. The fourth-order valence-corrected chi connectivity index (χ4v) is 1.69. The lowest BCUT2D eigenvalue weighted by Crippen LogP contribution is -2.07. The Kier molecular flexibility index (Phi) is 2.95. The van der Waals surface area contributed by atoms with Gasteiger partial charge in [-0.25, -0.2) is 9.78 Å². The Hall–Kier alpha value is -2.10. The molecular formula is C13H14N2O2. The van der Waals surface area contributed by atoms with Gasteiger partial charge in [-0.15, -0.1) is 0 Å². The van der Waals surface area contributed by atoms with Gasteiger partial charge in [-0.1, -0.05) is 26.0 Å². The van der Waals surface area contributed by atoms with E-state index in [4.69, 9.17) is 5.11 Å². The molecule has 88 valence electrons. The molecule has 0 spiro atoms. The first kappa shape index (κ1) is 11.4. The van der Waals surface area contributed by atoms with Crippen molar-refractivity contribution < 1.29 is 9.90 Å². The Labute approximate surface area is 99.5 Å². The topological polar surface area (TPSA) is 55.1 Å². The summed E-state index contributed by atoms with van der Waals surface area (Å²) in [4.78, 5) is 14.8. The van der Waals surface area contributed by atoms with E-state index in [1.807, 2.05) is 24.3 Å². The van der Waals surface area contributed by atoms with E-state index in [2.05, 4.69) is 18.8 Å². The third kappa shape index (κ3) is 2.20. The SMILES string of the molecule is CC(C)c1ccc(-n2ccnc2C(=O)O)cc1. The molecule has 0 aliphatic heterocycles. The summed E-state index contributed by atoms with van der Waals surface area (Å²) in [5.74, 6) is -0.531. The van der Waals surface area contributed by atoms with Gasteiger partial charge in [-0.3, -0.25) is 4.57 Å². The summed E-state index contributed by atoms with van der Waals surface area (Å²) in [6.45, 7) is 4.24. The second-order valence-electron chi connectivity index (χ2n) is 4.17. The molecule has 0 atom stereocenters. The maximum absolute atomic E-state index is 10.9. The van der Waals surface area contributed by atoms with Crippen LogP contribution in [-0.4, -0.2) is 20.6 Å². The first-order valence-electron chi connectivity index (χ1n) is 5.46. The molecule has 1 aromatic heterocycles.